The molecule has 0 amide bonds. The van der Waals surface area contributed by atoms with Gasteiger partial charge in [0.05, 0.1) is 12.8 Å². The predicted molar refractivity (Wildman–Crippen MR) is 107 cm³/mol. The van der Waals surface area contributed by atoms with Gasteiger partial charge in [-0.1, -0.05) is 27.2 Å². The first-order valence-electron chi connectivity index (χ1n) is 10.2. The van der Waals surface area contributed by atoms with Gasteiger partial charge in [0.1, 0.15) is 11.6 Å². The molecule has 0 radical (unpaired) electrons. The Morgan fingerprint density at radius 2 is 2.33 bits per heavy atom. The SMILES string of the molecule is CCCCN=C(NCCc1ccco1)NC1CCc2nc(C(C)C)nn2C1. The van der Waals surface area contributed by atoms with E-state index < -0.39 is 0 Å². The maximum atomic E-state index is 5.41. The van der Waals surface area contributed by atoms with Crippen LogP contribution in [0.15, 0.2) is 27.8 Å². The molecule has 2 aromatic rings. The van der Waals surface area contributed by atoms with Crippen molar-refractivity contribution in [3.63, 3.8) is 0 Å². The molecule has 0 spiro atoms. The highest BCUT2D eigenvalue weighted by atomic mass is 16.3. The smallest absolute Gasteiger partial charge is 0.191 e. The Morgan fingerprint density at radius 1 is 1.44 bits per heavy atom. The van der Waals surface area contributed by atoms with Crippen LogP contribution in [-0.4, -0.2) is 39.9 Å². The second-order valence-corrected chi connectivity index (χ2v) is 7.44. The monoisotopic (exact) mass is 372 g/mol. The van der Waals surface area contributed by atoms with Crippen LogP contribution in [0.1, 0.15) is 63.4 Å². The minimum absolute atomic E-state index is 0.315. The number of unbranched alkanes of at least 4 members (excludes halogenated alkanes) is 1. The molecule has 1 unspecified atom stereocenters. The summed E-state index contributed by atoms with van der Waals surface area (Å²) in [4.78, 5) is 9.40. The minimum atomic E-state index is 0.315. The average molecular weight is 373 g/mol. The molecule has 3 heterocycles. The van der Waals surface area contributed by atoms with E-state index in [2.05, 4.69) is 46.2 Å². The number of hydrogen-bond acceptors (Lipinski definition) is 4. The predicted octanol–water partition coefficient (Wildman–Crippen LogP) is 2.89. The summed E-state index contributed by atoms with van der Waals surface area (Å²) in [5.41, 5.74) is 0. The highest BCUT2D eigenvalue weighted by Gasteiger charge is 2.23. The van der Waals surface area contributed by atoms with Crippen molar-refractivity contribution in [3.8, 4) is 0 Å². The van der Waals surface area contributed by atoms with Crippen molar-refractivity contribution in [2.45, 2.75) is 71.4 Å². The third kappa shape index (κ3) is 5.58. The van der Waals surface area contributed by atoms with Crippen molar-refractivity contribution in [1.29, 1.82) is 0 Å². The Morgan fingerprint density at radius 3 is 3.07 bits per heavy atom. The first kappa shape index (κ1) is 19.5. The van der Waals surface area contributed by atoms with Crippen molar-refractivity contribution in [3.05, 3.63) is 35.8 Å². The lowest BCUT2D eigenvalue weighted by atomic mass is 10.1. The number of aryl methyl sites for hydroxylation is 1. The zero-order chi connectivity index (χ0) is 19.1. The third-order valence-electron chi connectivity index (χ3n) is 4.76. The summed E-state index contributed by atoms with van der Waals surface area (Å²) < 4.78 is 7.46. The van der Waals surface area contributed by atoms with Gasteiger partial charge in [0.25, 0.3) is 0 Å². The molecule has 0 saturated carbocycles. The van der Waals surface area contributed by atoms with E-state index in [0.717, 1.165) is 75.1 Å². The molecule has 27 heavy (non-hydrogen) atoms. The second kappa shape index (κ2) is 9.58. The van der Waals surface area contributed by atoms with Crippen molar-refractivity contribution in [1.82, 2.24) is 25.4 Å². The summed E-state index contributed by atoms with van der Waals surface area (Å²) >= 11 is 0. The van der Waals surface area contributed by atoms with Crippen molar-refractivity contribution in [2.24, 2.45) is 4.99 Å². The quantitative estimate of drug-likeness (QED) is 0.423. The van der Waals surface area contributed by atoms with Gasteiger partial charge in [-0.3, -0.25) is 4.99 Å². The number of furan rings is 1. The molecule has 2 N–H and O–H groups in total. The number of guanidine groups is 1. The molecule has 3 rings (SSSR count). The highest BCUT2D eigenvalue weighted by molar-refractivity contribution is 5.80. The molecule has 0 aliphatic carbocycles. The van der Waals surface area contributed by atoms with E-state index in [-0.39, 0.29) is 0 Å². The lowest BCUT2D eigenvalue weighted by Crippen LogP contribution is -2.47. The number of nitrogens with zero attached hydrogens (tertiary/aromatic N) is 4. The van der Waals surface area contributed by atoms with E-state index in [4.69, 9.17) is 9.41 Å². The molecule has 0 aromatic carbocycles. The van der Waals surface area contributed by atoms with Gasteiger partial charge in [-0.05, 0) is 25.0 Å². The van der Waals surface area contributed by atoms with Crippen LogP contribution in [0, 0.1) is 0 Å². The zero-order valence-electron chi connectivity index (χ0n) is 16.7. The highest BCUT2D eigenvalue weighted by Crippen LogP contribution is 2.17. The number of fused-ring (bicyclic) bond motifs is 1. The van der Waals surface area contributed by atoms with E-state index in [0.29, 0.717) is 12.0 Å². The third-order valence-corrected chi connectivity index (χ3v) is 4.76. The number of rotatable bonds is 8. The van der Waals surface area contributed by atoms with Gasteiger partial charge in [0.15, 0.2) is 11.8 Å². The van der Waals surface area contributed by atoms with E-state index in [1.807, 2.05) is 12.1 Å². The molecule has 0 saturated heterocycles. The molecule has 148 valence electrons. The summed E-state index contributed by atoms with van der Waals surface area (Å²) in [7, 11) is 0. The Hall–Kier alpha value is -2.31. The number of aromatic nitrogens is 3. The first-order chi connectivity index (χ1) is 13.2. The fourth-order valence-corrected chi connectivity index (χ4v) is 3.14. The molecule has 1 atom stereocenters. The number of hydrogen-bond donors (Lipinski definition) is 2. The summed E-state index contributed by atoms with van der Waals surface area (Å²) in [5, 5.41) is 11.7. The minimum Gasteiger partial charge on any atom is -0.469 e. The largest absolute Gasteiger partial charge is 0.469 e. The fraction of sp³-hybridized carbons (Fsp3) is 0.650. The standard InChI is InChI=1S/C20H32N6O/c1-4-5-11-21-20(22-12-10-17-7-6-13-27-17)23-16-8-9-18-24-19(15(2)3)25-26(18)14-16/h6-7,13,15-16H,4-5,8-12,14H2,1-3H3,(H2,21,22,23). The van der Waals surface area contributed by atoms with Gasteiger partial charge in [-0.2, -0.15) is 5.10 Å². The number of nitrogens with one attached hydrogen (secondary N) is 2. The average Bonchev–Trinajstić information content (AvgIpc) is 3.30. The summed E-state index contributed by atoms with van der Waals surface area (Å²) in [5.74, 6) is 4.28. The van der Waals surface area contributed by atoms with Gasteiger partial charge in [-0.15, -0.1) is 0 Å². The molecule has 7 heteroatoms. The molecule has 7 nitrogen and oxygen atoms in total. The molecule has 2 aromatic heterocycles. The molecule has 0 fully saturated rings. The van der Waals surface area contributed by atoms with Gasteiger partial charge in [0.2, 0.25) is 0 Å². The van der Waals surface area contributed by atoms with Crippen molar-refractivity contribution in [2.75, 3.05) is 13.1 Å². The van der Waals surface area contributed by atoms with Gasteiger partial charge < -0.3 is 15.1 Å². The van der Waals surface area contributed by atoms with E-state index in [1.54, 1.807) is 6.26 Å². The molecule has 1 aliphatic heterocycles. The molecule has 0 bridgehead atoms. The van der Waals surface area contributed by atoms with Crippen LogP contribution in [0.3, 0.4) is 0 Å². The lowest BCUT2D eigenvalue weighted by Gasteiger charge is -2.25. The van der Waals surface area contributed by atoms with Crippen LogP contribution in [0.5, 0.6) is 0 Å². The maximum Gasteiger partial charge on any atom is 0.191 e. The Bertz CT molecular complexity index is 719. The number of aliphatic imine (C=N–C) groups is 1. The van der Waals surface area contributed by atoms with Gasteiger partial charge in [0, 0.05) is 37.9 Å². The van der Waals surface area contributed by atoms with Crippen LogP contribution in [-0.2, 0) is 19.4 Å². The molecular formula is C20H32N6O. The fourth-order valence-electron chi connectivity index (χ4n) is 3.14. The summed E-state index contributed by atoms with van der Waals surface area (Å²) in [6, 6.07) is 4.24. The van der Waals surface area contributed by atoms with Crippen molar-refractivity contribution < 1.29 is 4.42 Å². The van der Waals surface area contributed by atoms with Crippen LogP contribution < -0.4 is 10.6 Å². The van der Waals surface area contributed by atoms with E-state index in [9.17, 15) is 0 Å². The van der Waals surface area contributed by atoms with Crippen LogP contribution >= 0.6 is 0 Å². The van der Waals surface area contributed by atoms with E-state index >= 15 is 0 Å². The molecular weight excluding hydrogens is 340 g/mol. The van der Waals surface area contributed by atoms with Crippen LogP contribution in [0.2, 0.25) is 0 Å². The Labute approximate surface area is 161 Å². The Balaban J connectivity index is 1.56. The zero-order valence-corrected chi connectivity index (χ0v) is 16.7. The molecule has 1 aliphatic rings. The second-order valence-electron chi connectivity index (χ2n) is 7.44. The Kier molecular flexibility index (Phi) is 6.90. The lowest BCUT2D eigenvalue weighted by molar-refractivity contribution is 0.391. The van der Waals surface area contributed by atoms with Crippen LogP contribution in [0.25, 0.3) is 0 Å². The maximum absolute atomic E-state index is 5.41. The first-order valence-corrected chi connectivity index (χ1v) is 10.2. The normalized spacial score (nSPS) is 17.2. The summed E-state index contributed by atoms with van der Waals surface area (Å²) in [6.07, 6.45) is 6.80. The van der Waals surface area contributed by atoms with Gasteiger partial charge >= 0.3 is 0 Å². The van der Waals surface area contributed by atoms with E-state index in [1.165, 1.54) is 0 Å². The van der Waals surface area contributed by atoms with Gasteiger partial charge in [-0.25, -0.2) is 9.67 Å². The topological polar surface area (TPSA) is 80.3 Å². The summed E-state index contributed by atoms with van der Waals surface area (Å²) in [6.45, 7) is 8.93. The van der Waals surface area contributed by atoms with Crippen molar-refractivity contribution >= 4 is 5.96 Å². The van der Waals surface area contributed by atoms with Crippen LogP contribution in [0.4, 0.5) is 0 Å².